The Labute approximate surface area is 82.8 Å². The van der Waals surface area contributed by atoms with E-state index in [1.807, 2.05) is 4.90 Å². The average Bonchev–Trinajstić information content (AvgIpc) is 2.27. The molecule has 0 aromatic heterocycles. The summed E-state index contributed by atoms with van der Waals surface area (Å²) in [7, 11) is 0. The second kappa shape index (κ2) is 3.57. The fraction of sp³-hybridized carbons (Fsp3) is 0.778. The van der Waals surface area contributed by atoms with E-state index in [4.69, 9.17) is 0 Å². The molecule has 0 saturated carbocycles. The molecule has 2 aliphatic heterocycles. The van der Waals surface area contributed by atoms with E-state index in [-0.39, 0.29) is 17.9 Å². The van der Waals surface area contributed by atoms with Gasteiger partial charge in [-0.25, -0.2) is 0 Å². The van der Waals surface area contributed by atoms with Crippen LogP contribution in [0, 0.1) is 0 Å². The summed E-state index contributed by atoms with van der Waals surface area (Å²) in [4.78, 5) is 24.2. The highest BCUT2D eigenvalue weighted by molar-refractivity contribution is 5.81. The van der Waals surface area contributed by atoms with Crippen molar-refractivity contribution in [3.05, 3.63) is 0 Å². The maximum atomic E-state index is 11.5. The maximum Gasteiger partial charge on any atom is 0.225 e. The molecule has 14 heavy (non-hydrogen) atoms. The highest BCUT2D eigenvalue weighted by Gasteiger charge is 2.36. The summed E-state index contributed by atoms with van der Waals surface area (Å²) >= 11 is 0. The molecular weight excluding hydrogens is 182 g/mol. The number of carbonyl (C=O) groups is 2. The second-order valence-corrected chi connectivity index (χ2v) is 3.96. The number of nitrogens with zero attached hydrogens (tertiary/aromatic N) is 1. The molecule has 5 heteroatoms. The first-order chi connectivity index (χ1) is 6.66. The fourth-order valence-corrected chi connectivity index (χ4v) is 1.96. The van der Waals surface area contributed by atoms with Crippen LogP contribution in [0.2, 0.25) is 0 Å². The Morgan fingerprint density at radius 3 is 2.79 bits per heavy atom. The van der Waals surface area contributed by atoms with Gasteiger partial charge in [0.15, 0.2) is 0 Å². The van der Waals surface area contributed by atoms with Crippen LogP contribution in [-0.4, -0.2) is 48.4 Å². The highest BCUT2D eigenvalue weighted by atomic mass is 16.2. The van der Waals surface area contributed by atoms with Gasteiger partial charge in [-0.2, -0.15) is 0 Å². The van der Waals surface area contributed by atoms with Crippen LogP contribution < -0.4 is 10.6 Å². The smallest absolute Gasteiger partial charge is 0.225 e. The van der Waals surface area contributed by atoms with Crippen LogP contribution in [0.5, 0.6) is 0 Å². The quantitative estimate of drug-likeness (QED) is 0.578. The van der Waals surface area contributed by atoms with Crippen LogP contribution in [0.4, 0.5) is 0 Å². The SMILES string of the molecule is CC(=O)NC1CC(=O)N(C2CNC2)C1. The van der Waals surface area contributed by atoms with Crippen LogP contribution in [0.25, 0.3) is 0 Å². The summed E-state index contributed by atoms with van der Waals surface area (Å²) in [6, 6.07) is 0.363. The summed E-state index contributed by atoms with van der Waals surface area (Å²) < 4.78 is 0. The van der Waals surface area contributed by atoms with Gasteiger partial charge in [0, 0.05) is 33.0 Å². The molecule has 2 N–H and O–H groups in total. The summed E-state index contributed by atoms with van der Waals surface area (Å²) in [5.74, 6) is 0.103. The molecule has 2 rings (SSSR count). The van der Waals surface area contributed by atoms with Crippen molar-refractivity contribution < 1.29 is 9.59 Å². The first-order valence-corrected chi connectivity index (χ1v) is 4.94. The summed E-state index contributed by atoms with van der Waals surface area (Å²) in [5.41, 5.74) is 0. The monoisotopic (exact) mass is 197 g/mol. The van der Waals surface area contributed by atoms with Crippen molar-refractivity contribution in [2.24, 2.45) is 0 Å². The summed E-state index contributed by atoms with van der Waals surface area (Å²) in [6.45, 7) is 3.93. The molecule has 1 unspecified atom stereocenters. The van der Waals surface area contributed by atoms with Gasteiger partial charge >= 0.3 is 0 Å². The zero-order valence-electron chi connectivity index (χ0n) is 8.25. The third-order valence-corrected chi connectivity index (χ3v) is 2.77. The number of hydrogen-bond donors (Lipinski definition) is 2. The normalized spacial score (nSPS) is 27.6. The van der Waals surface area contributed by atoms with Gasteiger partial charge in [0.05, 0.1) is 12.1 Å². The van der Waals surface area contributed by atoms with E-state index in [9.17, 15) is 9.59 Å². The topological polar surface area (TPSA) is 61.4 Å². The fourth-order valence-electron chi connectivity index (χ4n) is 1.96. The standard InChI is InChI=1S/C9H15N3O2/c1-6(13)11-7-2-9(14)12(5-7)8-3-10-4-8/h7-8,10H,2-5H2,1H3,(H,11,13). The Morgan fingerprint density at radius 2 is 2.29 bits per heavy atom. The molecule has 0 spiro atoms. The molecule has 2 amide bonds. The van der Waals surface area contributed by atoms with Crippen LogP contribution >= 0.6 is 0 Å². The van der Waals surface area contributed by atoms with Gasteiger partial charge in [0.2, 0.25) is 11.8 Å². The molecular formula is C9H15N3O2. The van der Waals surface area contributed by atoms with Crippen LogP contribution in [0.1, 0.15) is 13.3 Å². The van der Waals surface area contributed by atoms with Crippen molar-refractivity contribution in [1.82, 2.24) is 15.5 Å². The number of nitrogens with one attached hydrogen (secondary N) is 2. The molecule has 0 aromatic rings. The van der Waals surface area contributed by atoms with Crippen LogP contribution in [0.15, 0.2) is 0 Å². The lowest BCUT2D eigenvalue weighted by Gasteiger charge is -2.35. The lowest BCUT2D eigenvalue weighted by Crippen LogP contribution is -2.58. The number of hydrogen-bond acceptors (Lipinski definition) is 3. The van der Waals surface area contributed by atoms with Crippen LogP contribution in [0.3, 0.4) is 0 Å². The molecule has 2 saturated heterocycles. The molecule has 78 valence electrons. The van der Waals surface area contributed by atoms with E-state index >= 15 is 0 Å². The van der Waals surface area contributed by atoms with Crippen molar-refractivity contribution >= 4 is 11.8 Å². The van der Waals surface area contributed by atoms with E-state index in [0.717, 1.165) is 13.1 Å². The van der Waals surface area contributed by atoms with E-state index in [2.05, 4.69) is 10.6 Å². The zero-order valence-corrected chi connectivity index (χ0v) is 8.25. The van der Waals surface area contributed by atoms with Gasteiger partial charge in [0.1, 0.15) is 0 Å². The van der Waals surface area contributed by atoms with Gasteiger partial charge in [-0.3, -0.25) is 9.59 Å². The molecule has 0 aliphatic carbocycles. The molecule has 0 radical (unpaired) electrons. The van der Waals surface area contributed by atoms with Crippen molar-refractivity contribution in [3.63, 3.8) is 0 Å². The molecule has 2 aliphatic rings. The first-order valence-electron chi connectivity index (χ1n) is 4.94. The third-order valence-electron chi connectivity index (χ3n) is 2.77. The molecule has 0 aromatic carbocycles. The van der Waals surface area contributed by atoms with Gasteiger partial charge in [0.25, 0.3) is 0 Å². The number of likely N-dealkylation sites (tertiary alicyclic amines) is 1. The molecule has 2 fully saturated rings. The molecule has 0 bridgehead atoms. The minimum absolute atomic E-state index is 0.0144. The highest BCUT2D eigenvalue weighted by Crippen LogP contribution is 2.16. The van der Waals surface area contributed by atoms with E-state index in [0.29, 0.717) is 19.0 Å². The van der Waals surface area contributed by atoms with Gasteiger partial charge < -0.3 is 15.5 Å². The average molecular weight is 197 g/mol. The Bertz CT molecular complexity index is 263. The van der Waals surface area contributed by atoms with Crippen LogP contribution in [-0.2, 0) is 9.59 Å². The Hall–Kier alpha value is -1.10. The van der Waals surface area contributed by atoms with E-state index < -0.39 is 0 Å². The third kappa shape index (κ3) is 1.72. The van der Waals surface area contributed by atoms with Crippen molar-refractivity contribution in [2.45, 2.75) is 25.4 Å². The van der Waals surface area contributed by atoms with Crippen molar-refractivity contribution in [1.29, 1.82) is 0 Å². The molecule has 5 nitrogen and oxygen atoms in total. The van der Waals surface area contributed by atoms with Gasteiger partial charge in [-0.05, 0) is 0 Å². The largest absolute Gasteiger partial charge is 0.351 e. The number of amides is 2. The summed E-state index contributed by atoms with van der Waals surface area (Å²) in [5, 5.41) is 5.92. The summed E-state index contributed by atoms with van der Waals surface area (Å²) in [6.07, 6.45) is 0.454. The van der Waals surface area contributed by atoms with Crippen molar-refractivity contribution in [2.75, 3.05) is 19.6 Å². The maximum absolute atomic E-state index is 11.5. The van der Waals surface area contributed by atoms with Gasteiger partial charge in [-0.1, -0.05) is 0 Å². The zero-order chi connectivity index (χ0) is 10.1. The lowest BCUT2D eigenvalue weighted by molar-refractivity contribution is -0.130. The Kier molecular flexibility index (Phi) is 2.41. The Balaban J connectivity index is 1.89. The first kappa shape index (κ1) is 9.45. The predicted octanol–water partition coefficient (Wildman–Crippen LogP) is -1.30. The van der Waals surface area contributed by atoms with Gasteiger partial charge in [-0.15, -0.1) is 0 Å². The predicted molar refractivity (Wildman–Crippen MR) is 50.6 cm³/mol. The number of rotatable bonds is 2. The number of carbonyl (C=O) groups excluding carboxylic acids is 2. The van der Waals surface area contributed by atoms with Crippen molar-refractivity contribution in [3.8, 4) is 0 Å². The minimum Gasteiger partial charge on any atom is -0.351 e. The van der Waals surface area contributed by atoms with E-state index in [1.54, 1.807) is 0 Å². The minimum atomic E-state index is -0.0589. The second-order valence-electron chi connectivity index (χ2n) is 3.96. The van der Waals surface area contributed by atoms with E-state index in [1.165, 1.54) is 6.92 Å². The molecule has 2 heterocycles. The molecule has 1 atom stereocenters. The Morgan fingerprint density at radius 1 is 1.57 bits per heavy atom. The lowest BCUT2D eigenvalue weighted by atomic mass is 10.1.